The van der Waals surface area contributed by atoms with Crippen molar-refractivity contribution >= 4 is 27.0 Å². The van der Waals surface area contributed by atoms with Crippen LogP contribution in [0.1, 0.15) is 16.1 Å². The molecule has 0 spiro atoms. The van der Waals surface area contributed by atoms with E-state index in [0.717, 1.165) is 12.5 Å². The Morgan fingerprint density at radius 2 is 1.96 bits per heavy atom. The molecule has 2 aromatic heterocycles. The minimum Gasteiger partial charge on any atom is -0.477 e. The molecule has 9 heteroatoms. The van der Waals surface area contributed by atoms with Crippen LogP contribution in [0.5, 0.6) is 0 Å². The minimum atomic E-state index is -3.55. The summed E-state index contributed by atoms with van der Waals surface area (Å²) in [5.74, 6) is -1.59. The average molecular weight is 349 g/mol. The first-order valence-corrected chi connectivity index (χ1v) is 8.69. The molecule has 24 heavy (non-hydrogen) atoms. The molecular formula is C15H12FN3O4S. The molecule has 0 bridgehead atoms. The molecular weight excluding hydrogens is 337 g/mol. The lowest BCUT2D eigenvalue weighted by Gasteiger charge is -2.08. The van der Waals surface area contributed by atoms with Gasteiger partial charge in [-0.2, -0.15) is 0 Å². The van der Waals surface area contributed by atoms with Crippen molar-refractivity contribution in [3.63, 3.8) is 0 Å². The molecule has 0 saturated heterocycles. The van der Waals surface area contributed by atoms with Crippen LogP contribution < -0.4 is 0 Å². The zero-order valence-electron chi connectivity index (χ0n) is 12.5. The van der Waals surface area contributed by atoms with Crippen molar-refractivity contribution in [2.24, 2.45) is 0 Å². The number of benzene rings is 1. The Morgan fingerprint density at radius 3 is 2.54 bits per heavy atom. The van der Waals surface area contributed by atoms with Gasteiger partial charge in [0.1, 0.15) is 17.0 Å². The fraction of sp³-hybridized carbons (Fsp3) is 0.133. The van der Waals surface area contributed by atoms with Gasteiger partial charge in [0.25, 0.3) is 0 Å². The number of hydrogen-bond acceptors (Lipinski definition) is 5. The van der Waals surface area contributed by atoms with E-state index >= 15 is 0 Å². The Balaban J connectivity index is 2.16. The Bertz CT molecular complexity index is 1040. The van der Waals surface area contributed by atoms with Crippen LogP contribution in [0.15, 0.2) is 41.6 Å². The van der Waals surface area contributed by atoms with E-state index in [1.54, 1.807) is 0 Å². The van der Waals surface area contributed by atoms with Gasteiger partial charge >= 0.3 is 5.97 Å². The monoisotopic (exact) mass is 349 g/mol. The maximum atomic E-state index is 13.0. The quantitative estimate of drug-likeness (QED) is 0.769. The maximum absolute atomic E-state index is 13.0. The zero-order chi connectivity index (χ0) is 17.5. The highest BCUT2D eigenvalue weighted by molar-refractivity contribution is 7.90. The van der Waals surface area contributed by atoms with E-state index in [1.165, 1.54) is 34.9 Å². The number of aromatic nitrogens is 3. The molecule has 0 amide bonds. The number of halogens is 1. The number of fused-ring (bicyclic) bond motifs is 1. The van der Waals surface area contributed by atoms with E-state index in [2.05, 4.69) is 9.97 Å². The predicted molar refractivity (Wildman–Crippen MR) is 83.1 cm³/mol. The standard InChI is InChI=1S/C15H12FN3O4S/c1-24(22,23)13-7-17-14-11(18-13)6-12(15(20)21)19(14)8-9-2-4-10(16)5-3-9/h2-7H,8H2,1H3,(H,20,21). The van der Waals surface area contributed by atoms with Crippen molar-refractivity contribution in [3.05, 3.63) is 53.6 Å². The largest absolute Gasteiger partial charge is 0.477 e. The van der Waals surface area contributed by atoms with Gasteiger partial charge in [0.05, 0.1) is 6.20 Å². The second-order valence-corrected chi connectivity index (χ2v) is 7.20. The lowest BCUT2D eigenvalue weighted by molar-refractivity contribution is 0.0686. The van der Waals surface area contributed by atoms with Crippen LogP contribution in [0.2, 0.25) is 0 Å². The van der Waals surface area contributed by atoms with Crippen LogP contribution >= 0.6 is 0 Å². The van der Waals surface area contributed by atoms with Crippen molar-refractivity contribution < 1.29 is 22.7 Å². The molecule has 0 radical (unpaired) electrons. The van der Waals surface area contributed by atoms with Gasteiger partial charge in [0.15, 0.2) is 20.5 Å². The van der Waals surface area contributed by atoms with Crippen LogP contribution in [-0.2, 0) is 16.4 Å². The molecule has 1 aromatic carbocycles. The van der Waals surface area contributed by atoms with Crippen LogP contribution in [0.4, 0.5) is 4.39 Å². The summed E-state index contributed by atoms with van der Waals surface area (Å²) in [4.78, 5) is 19.5. The molecule has 1 N–H and O–H groups in total. The second kappa shape index (κ2) is 5.68. The third kappa shape index (κ3) is 2.98. The Labute approximate surface area is 136 Å². The third-order valence-corrected chi connectivity index (χ3v) is 4.39. The number of rotatable bonds is 4. The number of carbonyl (C=O) groups is 1. The van der Waals surface area contributed by atoms with Crippen molar-refractivity contribution in [2.45, 2.75) is 11.6 Å². The molecule has 0 aliphatic carbocycles. The van der Waals surface area contributed by atoms with Crippen molar-refractivity contribution in [3.8, 4) is 0 Å². The highest BCUT2D eigenvalue weighted by Gasteiger charge is 2.19. The van der Waals surface area contributed by atoms with Crippen LogP contribution in [0.25, 0.3) is 11.2 Å². The van der Waals surface area contributed by atoms with Gasteiger partial charge in [-0.25, -0.2) is 27.6 Å². The highest BCUT2D eigenvalue weighted by atomic mass is 32.2. The van der Waals surface area contributed by atoms with Gasteiger partial charge in [-0.3, -0.25) is 0 Å². The van der Waals surface area contributed by atoms with E-state index in [9.17, 15) is 22.7 Å². The summed E-state index contributed by atoms with van der Waals surface area (Å²) in [5.41, 5.74) is 0.993. The topological polar surface area (TPSA) is 102 Å². The number of nitrogens with zero attached hydrogens (tertiary/aromatic N) is 3. The minimum absolute atomic E-state index is 0.0834. The van der Waals surface area contributed by atoms with E-state index < -0.39 is 21.6 Å². The molecule has 0 saturated carbocycles. The second-order valence-electron chi connectivity index (χ2n) is 5.24. The lowest BCUT2D eigenvalue weighted by Crippen LogP contribution is -2.10. The van der Waals surface area contributed by atoms with Gasteiger partial charge in [0, 0.05) is 12.8 Å². The molecule has 124 valence electrons. The molecule has 2 heterocycles. The number of sulfone groups is 1. The molecule has 0 unspecified atom stereocenters. The summed E-state index contributed by atoms with van der Waals surface area (Å²) in [5, 5.41) is 9.13. The summed E-state index contributed by atoms with van der Waals surface area (Å²) >= 11 is 0. The summed E-state index contributed by atoms with van der Waals surface area (Å²) in [6.07, 6.45) is 2.08. The van der Waals surface area contributed by atoms with E-state index in [-0.39, 0.29) is 28.4 Å². The highest BCUT2D eigenvalue weighted by Crippen LogP contribution is 2.20. The third-order valence-electron chi connectivity index (χ3n) is 3.43. The first-order chi connectivity index (χ1) is 11.3. The van der Waals surface area contributed by atoms with Gasteiger partial charge in [0.2, 0.25) is 0 Å². The van der Waals surface area contributed by atoms with Gasteiger partial charge in [-0.05, 0) is 23.8 Å². The number of carboxylic acid groups (broad SMARTS) is 1. The first-order valence-electron chi connectivity index (χ1n) is 6.80. The van der Waals surface area contributed by atoms with E-state index in [4.69, 9.17) is 0 Å². The molecule has 0 fully saturated rings. The maximum Gasteiger partial charge on any atom is 0.352 e. The zero-order valence-corrected chi connectivity index (χ0v) is 13.3. The summed E-state index contributed by atoms with van der Waals surface area (Å²) in [7, 11) is -3.55. The summed E-state index contributed by atoms with van der Waals surface area (Å²) < 4.78 is 37.5. The summed E-state index contributed by atoms with van der Waals surface area (Å²) in [6.45, 7) is 0.137. The van der Waals surface area contributed by atoms with Gasteiger partial charge < -0.3 is 9.67 Å². The normalized spacial score (nSPS) is 11.8. The SMILES string of the molecule is CS(=O)(=O)c1cnc2c(cc(C(=O)O)n2Cc2ccc(F)cc2)n1. The molecule has 0 atom stereocenters. The van der Waals surface area contributed by atoms with Crippen molar-refractivity contribution in [2.75, 3.05) is 6.26 Å². The fourth-order valence-electron chi connectivity index (χ4n) is 2.29. The summed E-state index contributed by atoms with van der Waals surface area (Å²) in [6, 6.07) is 6.88. The van der Waals surface area contributed by atoms with E-state index in [1.807, 2.05) is 0 Å². The fourth-order valence-corrected chi connectivity index (χ4v) is 2.80. The molecule has 0 aliphatic rings. The Kier molecular flexibility index (Phi) is 3.80. The van der Waals surface area contributed by atoms with Crippen LogP contribution in [0.3, 0.4) is 0 Å². The molecule has 3 rings (SSSR count). The molecule has 0 aliphatic heterocycles. The smallest absolute Gasteiger partial charge is 0.352 e. The predicted octanol–water partition coefficient (Wildman–Crippen LogP) is 1.72. The van der Waals surface area contributed by atoms with Gasteiger partial charge in [-0.1, -0.05) is 12.1 Å². The van der Waals surface area contributed by atoms with Crippen LogP contribution in [-0.4, -0.2) is 40.3 Å². The van der Waals surface area contributed by atoms with Gasteiger partial charge in [-0.15, -0.1) is 0 Å². The molecule has 3 aromatic rings. The number of aromatic carboxylic acids is 1. The van der Waals surface area contributed by atoms with E-state index in [0.29, 0.717) is 5.56 Å². The number of carboxylic acids is 1. The van der Waals surface area contributed by atoms with Crippen molar-refractivity contribution in [1.29, 1.82) is 0 Å². The van der Waals surface area contributed by atoms with Crippen molar-refractivity contribution in [1.82, 2.24) is 14.5 Å². The Morgan fingerprint density at radius 1 is 1.29 bits per heavy atom. The Hall–Kier alpha value is -2.81. The number of hydrogen-bond donors (Lipinski definition) is 1. The van der Waals surface area contributed by atoms with Crippen LogP contribution in [0, 0.1) is 5.82 Å². The lowest BCUT2D eigenvalue weighted by atomic mass is 10.2. The first kappa shape index (κ1) is 16.1. The molecule has 7 nitrogen and oxygen atoms in total. The average Bonchev–Trinajstić information content (AvgIpc) is 2.87.